The molecule has 1 aromatic heterocycles. The van der Waals surface area contributed by atoms with Gasteiger partial charge in [0.15, 0.2) is 0 Å². The van der Waals surface area contributed by atoms with E-state index in [0.29, 0.717) is 18.4 Å². The molecule has 7 heteroatoms. The van der Waals surface area contributed by atoms with Gasteiger partial charge in [-0.15, -0.1) is 0 Å². The fourth-order valence-electron chi connectivity index (χ4n) is 1.74. The molecular formula is C11H16N2O4S. The third-order valence-corrected chi connectivity index (χ3v) is 3.74. The number of primary sulfonamides is 1. The zero-order valence-electron chi connectivity index (χ0n) is 9.91. The van der Waals surface area contributed by atoms with Gasteiger partial charge < -0.3 is 9.47 Å². The van der Waals surface area contributed by atoms with Gasteiger partial charge in [-0.25, -0.2) is 18.5 Å². The maximum Gasteiger partial charge on any atom is 0.239 e. The Labute approximate surface area is 106 Å². The molecule has 0 saturated carbocycles. The Bertz CT molecular complexity index is 480. The highest BCUT2D eigenvalue weighted by molar-refractivity contribution is 7.89. The maximum atomic E-state index is 11.0. The molecular weight excluding hydrogens is 256 g/mol. The molecule has 2 N–H and O–H groups in total. The summed E-state index contributed by atoms with van der Waals surface area (Å²) in [6.07, 6.45) is 3.17. The van der Waals surface area contributed by atoms with Crippen LogP contribution in [0.25, 0.3) is 0 Å². The highest BCUT2D eigenvalue weighted by Gasteiger charge is 2.15. The fraction of sp³-hybridized carbons (Fsp3) is 0.545. The predicted molar refractivity (Wildman–Crippen MR) is 64.6 cm³/mol. The maximum absolute atomic E-state index is 11.0. The summed E-state index contributed by atoms with van der Waals surface area (Å²) in [5, 5.41) is 4.98. The highest BCUT2D eigenvalue weighted by Crippen LogP contribution is 2.17. The van der Waals surface area contributed by atoms with E-state index in [9.17, 15) is 8.42 Å². The lowest BCUT2D eigenvalue weighted by Crippen LogP contribution is -2.21. The van der Waals surface area contributed by atoms with Crippen LogP contribution >= 0.6 is 0 Å². The van der Waals surface area contributed by atoms with Gasteiger partial charge in [0, 0.05) is 19.3 Å². The van der Waals surface area contributed by atoms with E-state index in [2.05, 4.69) is 4.98 Å². The minimum atomic E-state index is -3.69. The minimum absolute atomic E-state index is 0.0130. The van der Waals surface area contributed by atoms with Crippen LogP contribution in [0, 0.1) is 5.92 Å². The molecule has 1 fully saturated rings. The summed E-state index contributed by atoms with van der Waals surface area (Å²) >= 11 is 0. The van der Waals surface area contributed by atoms with Gasteiger partial charge in [0.25, 0.3) is 0 Å². The lowest BCUT2D eigenvalue weighted by atomic mass is 10.0. The van der Waals surface area contributed by atoms with E-state index in [1.807, 2.05) is 0 Å². The second-order valence-corrected chi connectivity index (χ2v) is 5.81. The van der Waals surface area contributed by atoms with Crippen molar-refractivity contribution in [3.05, 3.63) is 18.3 Å². The summed E-state index contributed by atoms with van der Waals surface area (Å²) in [4.78, 5) is 3.90. The molecule has 6 nitrogen and oxygen atoms in total. The second-order valence-electron chi connectivity index (χ2n) is 4.24. The van der Waals surface area contributed by atoms with Crippen LogP contribution in [-0.4, -0.2) is 33.2 Å². The Balaban J connectivity index is 1.90. The average Bonchev–Trinajstić information content (AvgIpc) is 2.37. The molecule has 0 aromatic carbocycles. The first kappa shape index (κ1) is 13.3. The number of hydrogen-bond donors (Lipinski definition) is 1. The smallest absolute Gasteiger partial charge is 0.239 e. The van der Waals surface area contributed by atoms with Crippen LogP contribution in [0.4, 0.5) is 0 Å². The Kier molecular flexibility index (Phi) is 4.15. The number of ether oxygens (including phenoxy) is 2. The summed E-state index contributed by atoms with van der Waals surface area (Å²) in [6, 6.07) is 2.90. The van der Waals surface area contributed by atoms with Crippen molar-refractivity contribution < 1.29 is 17.9 Å². The highest BCUT2D eigenvalue weighted by atomic mass is 32.2. The van der Waals surface area contributed by atoms with E-state index in [1.54, 1.807) is 0 Å². The number of rotatable bonds is 4. The number of nitrogens with zero attached hydrogens (tertiary/aromatic N) is 1. The first-order valence-electron chi connectivity index (χ1n) is 5.75. The summed E-state index contributed by atoms with van der Waals surface area (Å²) in [6.45, 7) is 2.11. The van der Waals surface area contributed by atoms with Crippen LogP contribution in [0.3, 0.4) is 0 Å². The van der Waals surface area contributed by atoms with Gasteiger partial charge in [-0.2, -0.15) is 0 Å². The van der Waals surface area contributed by atoms with Crippen molar-refractivity contribution in [1.82, 2.24) is 4.98 Å². The van der Waals surface area contributed by atoms with E-state index in [4.69, 9.17) is 14.6 Å². The topological polar surface area (TPSA) is 91.5 Å². The van der Waals surface area contributed by atoms with Gasteiger partial charge in [-0.1, -0.05) is 0 Å². The zero-order valence-corrected chi connectivity index (χ0v) is 10.7. The summed E-state index contributed by atoms with van der Waals surface area (Å²) < 4.78 is 32.8. The van der Waals surface area contributed by atoms with Crippen LogP contribution in [0.5, 0.6) is 5.88 Å². The predicted octanol–water partition coefficient (Wildman–Crippen LogP) is 0.534. The summed E-state index contributed by atoms with van der Waals surface area (Å²) in [5.74, 6) is 0.882. The molecule has 0 unspecified atom stereocenters. The van der Waals surface area contributed by atoms with E-state index in [-0.39, 0.29) is 4.90 Å². The molecule has 0 radical (unpaired) electrons. The third kappa shape index (κ3) is 3.66. The lowest BCUT2D eigenvalue weighted by Gasteiger charge is -2.21. The van der Waals surface area contributed by atoms with Crippen LogP contribution < -0.4 is 9.88 Å². The normalized spacial score (nSPS) is 17.6. The summed E-state index contributed by atoms with van der Waals surface area (Å²) in [5.41, 5.74) is 0. The van der Waals surface area contributed by atoms with Crippen LogP contribution in [-0.2, 0) is 14.8 Å². The second kappa shape index (κ2) is 5.64. The Hall–Kier alpha value is -1.18. The number of pyridine rings is 1. The molecule has 1 aromatic rings. The minimum Gasteiger partial charge on any atom is -0.477 e. The zero-order chi connectivity index (χ0) is 13.0. The molecule has 1 aliphatic heterocycles. The quantitative estimate of drug-likeness (QED) is 0.863. The van der Waals surface area contributed by atoms with Gasteiger partial charge in [0.2, 0.25) is 15.9 Å². The number of nitrogens with two attached hydrogens (primary N) is 1. The molecule has 0 bridgehead atoms. The Morgan fingerprint density at radius 3 is 2.67 bits per heavy atom. The first-order valence-corrected chi connectivity index (χ1v) is 7.30. The van der Waals surface area contributed by atoms with E-state index in [0.717, 1.165) is 26.1 Å². The Morgan fingerprint density at radius 1 is 1.39 bits per heavy atom. The van der Waals surface area contributed by atoms with Gasteiger partial charge in [-0.3, -0.25) is 0 Å². The standard InChI is InChI=1S/C11H16N2O4S/c12-18(14,15)10-1-2-11(13-7-10)17-8-9-3-5-16-6-4-9/h1-2,7,9H,3-6,8H2,(H2,12,14,15). The van der Waals surface area contributed by atoms with Crippen LogP contribution in [0.15, 0.2) is 23.2 Å². The van der Waals surface area contributed by atoms with Gasteiger partial charge in [-0.05, 0) is 24.8 Å². The van der Waals surface area contributed by atoms with Crippen LogP contribution in [0.2, 0.25) is 0 Å². The monoisotopic (exact) mass is 272 g/mol. The molecule has 2 rings (SSSR count). The van der Waals surface area contributed by atoms with Crippen molar-refractivity contribution in [3.8, 4) is 5.88 Å². The van der Waals surface area contributed by atoms with E-state index >= 15 is 0 Å². The molecule has 0 spiro atoms. The lowest BCUT2D eigenvalue weighted by molar-refractivity contribution is 0.0490. The van der Waals surface area contributed by atoms with E-state index in [1.165, 1.54) is 18.3 Å². The molecule has 0 aliphatic carbocycles. The molecule has 1 aliphatic rings. The fourth-order valence-corrected chi connectivity index (χ4v) is 2.19. The molecule has 18 heavy (non-hydrogen) atoms. The first-order chi connectivity index (χ1) is 8.55. The van der Waals surface area contributed by atoms with Crippen molar-refractivity contribution in [3.63, 3.8) is 0 Å². The average molecular weight is 272 g/mol. The van der Waals surface area contributed by atoms with Crippen molar-refractivity contribution >= 4 is 10.0 Å². The Morgan fingerprint density at radius 2 is 2.11 bits per heavy atom. The molecule has 100 valence electrons. The third-order valence-electron chi connectivity index (χ3n) is 2.85. The largest absolute Gasteiger partial charge is 0.477 e. The number of hydrogen-bond acceptors (Lipinski definition) is 5. The van der Waals surface area contributed by atoms with E-state index < -0.39 is 10.0 Å². The SMILES string of the molecule is NS(=O)(=O)c1ccc(OCC2CCOCC2)nc1. The summed E-state index contributed by atoms with van der Waals surface area (Å²) in [7, 11) is -3.69. The van der Waals surface area contributed by atoms with Crippen molar-refractivity contribution in [1.29, 1.82) is 0 Å². The van der Waals surface area contributed by atoms with Gasteiger partial charge in [0.1, 0.15) is 4.90 Å². The molecule has 0 amide bonds. The number of sulfonamides is 1. The van der Waals surface area contributed by atoms with Crippen molar-refractivity contribution in [2.45, 2.75) is 17.7 Å². The van der Waals surface area contributed by atoms with Crippen molar-refractivity contribution in [2.24, 2.45) is 11.1 Å². The van der Waals surface area contributed by atoms with Gasteiger partial charge in [0.05, 0.1) is 12.8 Å². The van der Waals surface area contributed by atoms with Crippen molar-refractivity contribution in [2.75, 3.05) is 19.8 Å². The molecule has 1 saturated heterocycles. The molecule has 2 heterocycles. The van der Waals surface area contributed by atoms with Crippen LogP contribution in [0.1, 0.15) is 12.8 Å². The molecule has 0 atom stereocenters. The van der Waals surface area contributed by atoms with Gasteiger partial charge >= 0.3 is 0 Å². The number of aromatic nitrogens is 1.